The van der Waals surface area contributed by atoms with E-state index < -0.39 is 0 Å². The zero-order valence-electron chi connectivity index (χ0n) is 11.0. The summed E-state index contributed by atoms with van der Waals surface area (Å²) >= 11 is 0. The molecule has 0 aliphatic heterocycles. The van der Waals surface area contributed by atoms with Gasteiger partial charge in [-0.3, -0.25) is 4.79 Å². The van der Waals surface area contributed by atoms with Gasteiger partial charge in [-0.05, 0) is 25.1 Å². The molecule has 1 rings (SSSR count). The van der Waals surface area contributed by atoms with Crippen LogP contribution < -0.4 is 10.6 Å². The molecule has 0 spiro atoms. The van der Waals surface area contributed by atoms with Crippen molar-refractivity contribution < 1.29 is 4.79 Å². The number of carbonyl (C=O) groups excluding carboxylic acids is 1. The largest absolute Gasteiger partial charge is 0.398 e. The van der Waals surface area contributed by atoms with Crippen LogP contribution in [-0.4, -0.2) is 38.0 Å². The summed E-state index contributed by atoms with van der Waals surface area (Å²) in [4.78, 5) is 15.2. The Morgan fingerprint density at radius 1 is 1.44 bits per heavy atom. The van der Waals surface area contributed by atoms with Crippen LogP contribution in [0.15, 0.2) is 18.2 Å². The van der Waals surface area contributed by atoms with Crippen molar-refractivity contribution in [3.05, 3.63) is 23.8 Å². The van der Waals surface area contributed by atoms with E-state index in [1.165, 1.54) is 0 Å². The Bertz CT molecular complexity index is 476. The van der Waals surface area contributed by atoms with Crippen LogP contribution in [0.2, 0.25) is 0 Å². The molecule has 0 unspecified atom stereocenters. The molecule has 0 fully saturated rings. The van der Waals surface area contributed by atoms with Crippen molar-refractivity contribution >= 4 is 17.3 Å². The van der Waals surface area contributed by atoms with Crippen LogP contribution in [0, 0.1) is 11.3 Å². The van der Waals surface area contributed by atoms with Crippen LogP contribution >= 0.6 is 0 Å². The molecule has 0 aliphatic carbocycles. The van der Waals surface area contributed by atoms with E-state index in [9.17, 15) is 4.79 Å². The van der Waals surface area contributed by atoms with Gasteiger partial charge in [0.15, 0.2) is 0 Å². The van der Waals surface area contributed by atoms with Gasteiger partial charge in [0.25, 0.3) is 0 Å². The van der Waals surface area contributed by atoms with Crippen molar-refractivity contribution in [2.24, 2.45) is 0 Å². The van der Waals surface area contributed by atoms with Gasteiger partial charge in [0.1, 0.15) is 6.07 Å². The summed E-state index contributed by atoms with van der Waals surface area (Å²) in [6.45, 7) is 2.97. The van der Waals surface area contributed by atoms with Gasteiger partial charge >= 0.3 is 0 Å². The van der Waals surface area contributed by atoms with Gasteiger partial charge in [0.05, 0.1) is 17.8 Å². The molecule has 5 nitrogen and oxygen atoms in total. The number of anilines is 2. The zero-order chi connectivity index (χ0) is 13.7. The molecule has 18 heavy (non-hydrogen) atoms. The molecule has 0 saturated carbocycles. The number of nitrogens with two attached hydrogens (primary N) is 1. The molecular formula is C13H18N4O. The fourth-order valence-corrected chi connectivity index (χ4v) is 1.54. The summed E-state index contributed by atoms with van der Waals surface area (Å²) in [5.41, 5.74) is 7.51. The van der Waals surface area contributed by atoms with Gasteiger partial charge in [-0.25, -0.2) is 0 Å². The molecule has 1 amide bonds. The maximum absolute atomic E-state index is 11.7. The van der Waals surface area contributed by atoms with E-state index in [1.54, 1.807) is 37.2 Å². The molecule has 96 valence electrons. The minimum Gasteiger partial charge on any atom is -0.398 e. The minimum atomic E-state index is 0.0276. The molecule has 0 atom stereocenters. The number of likely N-dealkylation sites (N-methyl/N-ethyl adjacent to an activating group) is 2. The number of nitrogens with zero attached hydrogens (tertiary/aromatic N) is 3. The Morgan fingerprint density at radius 3 is 2.56 bits per heavy atom. The van der Waals surface area contributed by atoms with Gasteiger partial charge in [0, 0.05) is 26.3 Å². The molecule has 1 aromatic carbocycles. The summed E-state index contributed by atoms with van der Waals surface area (Å²) in [5.74, 6) is 0.0276. The first-order valence-electron chi connectivity index (χ1n) is 5.74. The number of rotatable bonds is 4. The summed E-state index contributed by atoms with van der Waals surface area (Å²) in [7, 11) is 3.45. The molecule has 0 heterocycles. The van der Waals surface area contributed by atoms with Crippen molar-refractivity contribution in [1.82, 2.24) is 4.90 Å². The first-order chi connectivity index (χ1) is 8.49. The Hall–Kier alpha value is -2.22. The molecule has 0 radical (unpaired) electrons. The van der Waals surface area contributed by atoms with Crippen LogP contribution in [0.1, 0.15) is 12.5 Å². The first kappa shape index (κ1) is 13.8. The molecule has 0 saturated heterocycles. The van der Waals surface area contributed by atoms with Crippen molar-refractivity contribution in [3.8, 4) is 6.07 Å². The molecular weight excluding hydrogens is 228 g/mol. The molecule has 2 N–H and O–H groups in total. The Balaban J connectivity index is 2.93. The van der Waals surface area contributed by atoms with E-state index >= 15 is 0 Å². The van der Waals surface area contributed by atoms with E-state index in [-0.39, 0.29) is 5.91 Å². The standard InChI is InChI=1S/C13H18N4O/c1-4-17(9-13(18)16(2)3)11-6-5-10(8-14)12(15)7-11/h5-7H,4,9,15H2,1-3H3. The molecule has 0 aliphatic rings. The van der Waals surface area contributed by atoms with Crippen molar-refractivity contribution in [2.45, 2.75) is 6.92 Å². The highest BCUT2D eigenvalue weighted by Gasteiger charge is 2.12. The van der Waals surface area contributed by atoms with Gasteiger partial charge < -0.3 is 15.5 Å². The number of carbonyl (C=O) groups is 1. The zero-order valence-corrected chi connectivity index (χ0v) is 11.0. The summed E-state index contributed by atoms with van der Waals surface area (Å²) in [6, 6.07) is 7.23. The highest BCUT2D eigenvalue weighted by atomic mass is 16.2. The van der Waals surface area contributed by atoms with Crippen LogP contribution in [-0.2, 0) is 4.79 Å². The van der Waals surface area contributed by atoms with Gasteiger partial charge in [0.2, 0.25) is 5.91 Å². The van der Waals surface area contributed by atoms with Crippen molar-refractivity contribution in [2.75, 3.05) is 37.8 Å². The smallest absolute Gasteiger partial charge is 0.241 e. The third-order valence-corrected chi connectivity index (χ3v) is 2.73. The lowest BCUT2D eigenvalue weighted by Crippen LogP contribution is -2.36. The van der Waals surface area contributed by atoms with E-state index in [2.05, 4.69) is 0 Å². The van der Waals surface area contributed by atoms with Crippen molar-refractivity contribution in [1.29, 1.82) is 5.26 Å². The summed E-state index contributed by atoms with van der Waals surface area (Å²) in [6.07, 6.45) is 0. The molecule has 0 aromatic heterocycles. The predicted molar refractivity (Wildman–Crippen MR) is 72.2 cm³/mol. The average Bonchev–Trinajstić information content (AvgIpc) is 2.35. The third kappa shape index (κ3) is 3.14. The van der Waals surface area contributed by atoms with Gasteiger partial charge in [-0.15, -0.1) is 0 Å². The lowest BCUT2D eigenvalue weighted by atomic mass is 10.1. The SMILES string of the molecule is CCN(CC(=O)N(C)C)c1ccc(C#N)c(N)c1. The Labute approximate surface area is 107 Å². The highest BCUT2D eigenvalue weighted by Crippen LogP contribution is 2.20. The maximum Gasteiger partial charge on any atom is 0.241 e. The van der Waals surface area contributed by atoms with Crippen LogP contribution in [0.5, 0.6) is 0 Å². The normalized spacial score (nSPS) is 9.67. The van der Waals surface area contributed by atoms with E-state index in [0.29, 0.717) is 24.3 Å². The first-order valence-corrected chi connectivity index (χ1v) is 5.74. The highest BCUT2D eigenvalue weighted by molar-refractivity contribution is 5.81. The second-order valence-electron chi connectivity index (χ2n) is 4.19. The lowest BCUT2D eigenvalue weighted by molar-refractivity contribution is -0.127. The lowest BCUT2D eigenvalue weighted by Gasteiger charge is -2.24. The quantitative estimate of drug-likeness (QED) is 0.806. The van der Waals surface area contributed by atoms with Gasteiger partial charge in [-0.2, -0.15) is 5.26 Å². The van der Waals surface area contributed by atoms with Crippen LogP contribution in [0.25, 0.3) is 0 Å². The number of hydrogen-bond acceptors (Lipinski definition) is 4. The average molecular weight is 246 g/mol. The Morgan fingerprint density at radius 2 is 2.11 bits per heavy atom. The topological polar surface area (TPSA) is 73.4 Å². The maximum atomic E-state index is 11.7. The van der Waals surface area contributed by atoms with Crippen LogP contribution in [0.3, 0.4) is 0 Å². The van der Waals surface area contributed by atoms with E-state index in [4.69, 9.17) is 11.0 Å². The number of nitriles is 1. The number of nitrogen functional groups attached to an aromatic ring is 1. The second-order valence-corrected chi connectivity index (χ2v) is 4.19. The molecule has 0 bridgehead atoms. The van der Waals surface area contributed by atoms with Crippen LogP contribution in [0.4, 0.5) is 11.4 Å². The fraction of sp³-hybridized carbons (Fsp3) is 0.385. The predicted octanol–water partition coefficient (Wildman–Crippen LogP) is 1.05. The van der Waals surface area contributed by atoms with Crippen molar-refractivity contribution in [3.63, 3.8) is 0 Å². The van der Waals surface area contributed by atoms with E-state index in [0.717, 1.165) is 5.69 Å². The molecule has 1 aromatic rings. The fourth-order valence-electron chi connectivity index (χ4n) is 1.54. The number of amides is 1. The second kappa shape index (κ2) is 5.92. The summed E-state index contributed by atoms with van der Waals surface area (Å²) in [5, 5.41) is 8.82. The summed E-state index contributed by atoms with van der Waals surface area (Å²) < 4.78 is 0. The number of benzene rings is 1. The number of hydrogen-bond donors (Lipinski definition) is 1. The van der Waals surface area contributed by atoms with E-state index in [1.807, 2.05) is 17.9 Å². The monoisotopic (exact) mass is 246 g/mol. The minimum absolute atomic E-state index is 0.0276. The molecule has 5 heteroatoms. The Kier molecular flexibility index (Phi) is 4.55. The van der Waals surface area contributed by atoms with Gasteiger partial charge in [-0.1, -0.05) is 0 Å². The third-order valence-electron chi connectivity index (χ3n) is 2.73.